The lowest BCUT2D eigenvalue weighted by Crippen LogP contribution is -2.19. The number of hydrazone groups is 1. The minimum Gasteiger partial charge on any atom is -0.273 e. The summed E-state index contributed by atoms with van der Waals surface area (Å²) in [6.45, 7) is 0. The van der Waals surface area contributed by atoms with E-state index in [4.69, 9.17) is 0 Å². The Kier molecular flexibility index (Phi) is 5.37. The second-order valence-electron chi connectivity index (χ2n) is 4.64. The molecule has 0 spiro atoms. The number of amides is 1. The molecule has 2 aromatic carbocycles. The molecule has 0 aliphatic heterocycles. The van der Waals surface area contributed by atoms with Gasteiger partial charge in [-0.2, -0.15) is 5.10 Å². The molecule has 0 heterocycles. The molecule has 2 aromatic rings. The van der Waals surface area contributed by atoms with E-state index < -0.39 is 4.92 Å². The molecule has 0 bridgehead atoms. The fourth-order valence-electron chi connectivity index (χ4n) is 1.84. The van der Waals surface area contributed by atoms with Crippen LogP contribution in [0.2, 0.25) is 0 Å². The zero-order valence-corrected chi connectivity index (χ0v) is 11.8. The first-order valence-electron chi connectivity index (χ1n) is 6.73. The third kappa shape index (κ3) is 4.82. The van der Waals surface area contributed by atoms with Crippen LogP contribution >= 0.6 is 0 Å². The number of nitro groups is 1. The number of carbonyl (C=O) groups is 1. The van der Waals surface area contributed by atoms with Crippen LogP contribution in [0.1, 0.15) is 11.1 Å². The van der Waals surface area contributed by atoms with Crippen LogP contribution in [0.5, 0.6) is 0 Å². The monoisotopic (exact) mass is 297 g/mol. The van der Waals surface area contributed by atoms with Crippen molar-refractivity contribution in [1.82, 2.24) is 5.43 Å². The molecular weight excluding hydrogens is 282 g/mol. The van der Waals surface area contributed by atoms with Crippen molar-refractivity contribution in [3.05, 3.63) is 75.8 Å². The Morgan fingerprint density at radius 1 is 1.09 bits per heavy atom. The molecule has 112 valence electrons. The molecule has 0 radical (unpaired) electrons. The lowest BCUT2D eigenvalue weighted by molar-refractivity contribution is -0.384. The van der Waals surface area contributed by atoms with Crippen molar-refractivity contribution in [3.63, 3.8) is 0 Å². The number of hydrogen-bond donors (Lipinski definition) is 1. The van der Waals surface area contributed by atoms with E-state index in [1.807, 2.05) is 30.3 Å². The zero-order valence-electron chi connectivity index (χ0n) is 11.8. The lowest BCUT2D eigenvalue weighted by Gasteiger charge is -2.00. The van der Waals surface area contributed by atoms with Crippen LogP contribution in [-0.4, -0.2) is 17.0 Å². The molecule has 22 heavy (non-hydrogen) atoms. The highest BCUT2D eigenvalue weighted by Gasteiger charge is 2.06. The number of nitrogens with zero attached hydrogens (tertiary/aromatic N) is 2. The van der Waals surface area contributed by atoms with Gasteiger partial charge in [-0.3, -0.25) is 14.9 Å². The van der Waals surface area contributed by atoms with E-state index in [1.165, 1.54) is 12.1 Å². The van der Waals surface area contributed by atoms with Crippen LogP contribution in [0.25, 0.3) is 0 Å². The van der Waals surface area contributed by atoms with Crippen molar-refractivity contribution in [2.24, 2.45) is 5.10 Å². The molecule has 0 aromatic heterocycles. The third-order valence-electron chi connectivity index (χ3n) is 2.96. The number of non-ortho nitro benzene ring substituents is 1. The second kappa shape index (κ2) is 7.68. The molecule has 1 N–H and O–H groups in total. The Hall–Kier alpha value is -3.02. The quantitative estimate of drug-likeness (QED) is 0.505. The van der Waals surface area contributed by atoms with Crippen molar-refractivity contribution in [2.75, 3.05) is 0 Å². The van der Waals surface area contributed by atoms with Crippen molar-refractivity contribution in [3.8, 4) is 0 Å². The first kappa shape index (κ1) is 15.4. The topological polar surface area (TPSA) is 84.6 Å². The third-order valence-corrected chi connectivity index (χ3v) is 2.96. The summed E-state index contributed by atoms with van der Waals surface area (Å²) in [6.07, 6.45) is 2.39. The molecule has 0 atom stereocenters. The maximum absolute atomic E-state index is 11.7. The van der Waals surface area contributed by atoms with Crippen molar-refractivity contribution >= 4 is 17.8 Å². The number of carbonyl (C=O) groups excluding carboxylic acids is 1. The lowest BCUT2D eigenvalue weighted by atomic mass is 10.1. The fraction of sp³-hybridized carbons (Fsp3) is 0.125. The maximum atomic E-state index is 11.7. The van der Waals surface area contributed by atoms with Gasteiger partial charge < -0.3 is 0 Å². The largest absolute Gasteiger partial charge is 0.273 e. The molecule has 6 nitrogen and oxygen atoms in total. The van der Waals surface area contributed by atoms with Crippen LogP contribution in [0, 0.1) is 10.1 Å². The average molecular weight is 297 g/mol. The molecule has 0 unspecified atom stereocenters. The van der Waals surface area contributed by atoms with E-state index in [0.717, 1.165) is 5.56 Å². The molecule has 1 amide bonds. The predicted octanol–water partition coefficient (Wildman–Crippen LogP) is 2.48. The van der Waals surface area contributed by atoms with Crippen LogP contribution < -0.4 is 5.43 Å². The number of nitrogens with one attached hydrogen (secondary N) is 1. The van der Waals surface area contributed by atoms with Crippen molar-refractivity contribution in [1.29, 1.82) is 0 Å². The average Bonchev–Trinajstić information content (AvgIpc) is 2.53. The van der Waals surface area contributed by atoms with Gasteiger partial charge in [0.15, 0.2) is 0 Å². The van der Waals surface area contributed by atoms with Gasteiger partial charge in [-0.25, -0.2) is 5.43 Å². The van der Waals surface area contributed by atoms with Gasteiger partial charge in [-0.15, -0.1) is 0 Å². The summed E-state index contributed by atoms with van der Waals surface area (Å²) < 4.78 is 0. The minimum atomic E-state index is -0.474. The van der Waals surface area contributed by atoms with E-state index in [9.17, 15) is 14.9 Å². The van der Waals surface area contributed by atoms with Gasteiger partial charge >= 0.3 is 0 Å². The van der Waals surface area contributed by atoms with Gasteiger partial charge in [0.2, 0.25) is 5.91 Å². The van der Waals surface area contributed by atoms with Gasteiger partial charge in [0.1, 0.15) is 0 Å². The number of nitro benzene ring substituents is 1. The molecule has 0 aliphatic rings. The SMILES string of the molecule is O=C(Cc1ccc([N+](=O)[O-])cc1)NN=CCc1ccccc1. The standard InChI is InChI=1S/C16H15N3O3/c20-16(12-14-6-8-15(9-7-14)19(21)22)18-17-11-10-13-4-2-1-3-5-13/h1-9,11H,10,12H2,(H,18,20). The number of hydrogen-bond acceptors (Lipinski definition) is 4. The van der Waals surface area contributed by atoms with E-state index >= 15 is 0 Å². The highest BCUT2D eigenvalue weighted by molar-refractivity contribution is 5.79. The van der Waals surface area contributed by atoms with E-state index in [2.05, 4.69) is 10.5 Å². The predicted molar refractivity (Wildman–Crippen MR) is 83.6 cm³/mol. The highest BCUT2D eigenvalue weighted by atomic mass is 16.6. The van der Waals surface area contributed by atoms with Gasteiger partial charge in [-0.1, -0.05) is 42.5 Å². The Morgan fingerprint density at radius 3 is 2.41 bits per heavy atom. The van der Waals surface area contributed by atoms with Crippen molar-refractivity contribution < 1.29 is 9.72 Å². The summed E-state index contributed by atoms with van der Waals surface area (Å²) >= 11 is 0. The number of rotatable bonds is 6. The smallest absolute Gasteiger partial charge is 0.269 e. The van der Waals surface area contributed by atoms with Crippen molar-refractivity contribution in [2.45, 2.75) is 12.8 Å². The van der Waals surface area contributed by atoms with Crippen LogP contribution in [-0.2, 0) is 17.6 Å². The molecular formula is C16H15N3O3. The molecule has 0 aliphatic carbocycles. The van der Waals surface area contributed by atoms with E-state index in [0.29, 0.717) is 12.0 Å². The Bertz CT molecular complexity index is 667. The summed E-state index contributed by atoms with van der Waals surface area (Å²) in [5.41, 5.74) is 4.24. The molecule has 2 rings (SSSR count). The van der Waals surface area contributed by atoms with E-state index in [1.54, 1.807) is 18.3 Å². The van der Waals surface area contributed by atoms with Gasteiger partial charge in [0.05, 0.1) is 11.3 Å². The van der Waals surface area contributed by atoms with Crippen LogP contribution in [0.15, 0.2) is 59.7 Å². The Labute approximate surface area is 127 Å². The van der Waals surface area contributed by atoms with E-state index in [-0.39, 0.29) is 18.0 Å². The first-order chi connectivity index (χ1) is 10.6. The molecule has 0 saturated carbocycles. The molecule has 6 heteroatoms. The Morgan fingerprint density at radius 2 is 1.77 bits per heavy atom. The Balaban J connectivity index is 1.79. The first-order valence-corrected chi connectivity index (χ1v) is 6.73. The van der Waals surface area contributed by atoms with Gasteiger partial charge in [0.25, 0.3) is 5.69 Å². The summed E-state index contributed by atoms with van der Waals surface area (Å²) in [5, 5.41) is 14.4. The number of benzene rings is 2. The minimum absolute atomic E-state index is 0.00467. The molecule has 0 fully saturated rings. The molecule has 0 saturated heterocycles. The fourth-order valence-corrected chi connectivity index (χ4v) is 1.84. The summed E-state index contributed by atoms with van der Waals surface area (Å²) in [7, 11) is 0. The second-order valence-corrected chi connectivity index (χ2v) is 4.64. The normalized spacial score (nSPS) is 10.5. The van der Waals surface area contributed by atoms with Crippen LogP contribution in [0.4, 0.5) is 5.69 Å². The zero-order chi connectivity index (χ0) is 15.8. The maximum Gasteiger partial charge on any atom is 0.269 e. The van der Waals surface area contributed by atoms with Gasteiger partial charge in [-0.05, 0) is 11.1 Å². The van der Waals surface area contributed by atoms with Gasteiger partial charge in [0, 0.05) is 24.8 Å². The summed E-state index contributed by atoms with van der Waals surface area (Å²) in [6, 6.07) is 15.6. The summed E-state index contributed by atoms with van der Waals surface area (Å²) in [4.78, 5) is 21.7. The summed E-state index contributed by atoms with van der Waals surface area (Å²) in [5.74, 6) is -0.266. The van der Waals surface area contributed by atoms with Crippen LogP contribution in [0.3, 0.4) is 0 Å². The highest BCUT2D eigenvalue weighted by Crippen LogP contribution is 2.12.